The summed E-state index contributed by atoms with van der Waals surface area (Å²) in [4.78, 5) is 0. The molecule has 154 valence electrons. The Morgan fingerprint density at radius 3 is 1.19 bits per heavy atom. The summed E-state index contributed by atoms with van der Waals surface area (Å²) in [6.07, 6.45) is 9.54. The van der Waals surface area contributed by atoms with Gasteiger partial charge in [-0.15, -0.1) is 0 Å². The maximum absolute atomic E-state index is 6.01. The monoisotopic (exact) mass is 374 g/mol. The highest BCUT2D eigenvalue weighted by Crippen LogP contribution is 2.23. The third-order valence-electron chi connectivity index (χ3n) is 4.83. The van der Waals surface area contributed by atoms with Gasteiger partial charge in [0, 0.05) is 13.2 Å². The number of ether oxygens (including phenoxy) is 6. The molecule has 0 radical (unpaired) electrons. The summed E-state index contributed by atoms with van der Waals surface area (Å²) in [7, 11) is 0. The second-order valence-electron chi connectivity index (χ2n) is 6.97. The van der Waals surface area contributed by atoms with Crippen LogP contribution in [-0.4, -0.2) is 78.3 Å². The number of fused-ring (bicyclic) bond motifs is 1. The van der Waals surface area contributed by atoms with E-state index in [9.17, 15) is 0 Å². The predicted octanol–water partition coefficient (Wildman–Crippen LogP) is 2.97. The van der Waals surface area contributed by atoms with Gasteiger partial charge in [-0.3, -0.25) is 0 Å². The van der Waals surface area contributed by atoms with Crippen LogP contribution in [0, 0.1) is 0 Å². The summed E-state index contributed by atoms with van der Waals surface area (Å²) in [6.45, 7) is 6.72. The maximum atomic E-state index is 6.01. The fraction of sp³-hybridized carbons (Fsp3) is 1.00. The van der Waals surface area contributed by atoms with Gasteiger partial charge in [0.1, 0.15) is 0 Å². The van der Waals surface area contributed by atoms with Crippen LogP contribution in [0.2, 0.25) is 0 Å². The molecule has 1 heterocycles. The zero-order chi connectivity index (χ0) is 18.1. The Labute approximate surface area is 158 Å². The van der Waals surface area contributed by atoms with Crippen LogP contribution in [0.5, 0.6) is 0 Å². The fourth-order valence-electron chi connectivity index (χ4n) is 3.37. The fourth-order valence-corrected chi connectivity index (χ4v) is 3.37. The van der Waals surface area contributed by atoms with E-state index in [0.29, 0.717) is 52.9 Å². The first-order chi connectivity index (χ1) is 13.0. The minimum Gasteiger partial charge on any atom is -0.379 e. The highest BCUT2D eigenvalue weighted by molar-refractivity contribution is 4.76. The number of hydrogen-bond acceptors (Lipinski definition) is 6. The van der Waals surface area contributed by atoms with Crippen LogP contribution in [0.4, 0.5) is 0 Å². The molecular weight excluding hydrogens is 336 g/mol. The van der Waals surface area contributed by atoms with Crippen molar-refractivity contribution in [2.75, 3.05) is 66.1 Å². The minimum atomic E-state index is 0.185. The van der Waals surface area contributed by atoms with E-state index in [1.165, 1.54) is 25.7 Å². The van der Waals surface area contributed by atoms with Crippen molar-refractivity contribution >= 4 is 0 Å². The average molecular weight is 375 g/mol. The van der Waals surface area contributed by atoms with Crippen LogP contribution >= 0.6 is 0 Å². The molecule has 0 spiro atoms. The van der Waals surface area contributed by atoms with E-state index in [1.54, 1.807) is 0 Å². The van der Waals surface area contributed by atoms with Crippen molar-refractivity contribution in [3.63, 3.8) is 0 Å². The van der Waals surface area contributed by atoms with Gasteiger partial charge in [-0.1, -0.05) is 25.7 Å². The third-order valence-corrected chi connectivity index (χ3v) is 4.83. The molecule has 6 heteroatoms. The Balaban J connectivity index is 1.63. The molecule has 2 fully saturated rings. The Kier molecular flexibility index (Phi) is 13.4. The lowest BCUT2D eigenvalue weighted by molar-refractivity contribution is -0.111. The van der Waals surface area contributed by atoms with Crippen molar-refractivity contribution in [2.45, 2.75) is 63.6 Å². The lowest BCUT2D eigenvalue weighted by atomic mass is 9.94. The minimum absolute atomic E-state index is 0.185. The van der Waals surface area contributed by atoms with Crippen molar-refractivity contribution in [3.8, 4) is 0 Å². The first kappa shape index (κ1) is 22.1. The summed E-state index contributed by atoms with van der Waals surface area (Å²) in [5, 5.41) is 0. The summed E-state index contributed by atoms with van der Waals surface area (Å²) < 4.78 is 34.4. The van der Waals surface area contributed by atoms with Crippen LogP contribution < -0.4 is 0 Å². The molecule has 0 amide bonds. The molecule has 0 aromatic heterocycles. The normalized spacial score (nSPS) is 30.5. The quantitative estimate of drug-likeness (QED) is 0.650. The van der Waals surface area contributed by atoms with Gasteiger partial charge in [0.15, 0.2) is 0 Å². The van der Waals surface area contributed by atoms with Crippen molar-refractivity contribution in [1.82, 2.24) is 0 Å². The van der Waals surface area contributed by atoms with Gasteiger partial charge in [-0.25, -0.2) is 0 Å². The molecule has 0 aromatic rings. The first-order valence-corrected chi connectivity index (χ1v) is 10.5. The van der Waals surface area contributed by atoms with Crippen LogP contribution in [0.25, 0.3) is 0 Å². The van der Waals surface area contributed by atoms with Crippen LogP contribution in [0.3, 0.4) is 0 Å². The molecular formula is C20H38O6. The van der Waals surface area contributed by atoms with E-state index in [-0.39, 0.29) is 12.2 Å². The van der Waals surface area contributed by atoms with Gasteiger partial charge in [-0.2, -0.15) is 0 Å². The Hall–Kier alpha value is -0.240. The van der Waals surface area contributed by atoms with Crippen LogP contribution in [-0.2, 0) is 28.4 Å². The van der Waals surface area contributed by atoms with Gasteiger partial charge in [0.25, 0.3) is 0 Å². The third kappa shape index (κ3) is 10.8. The lowest BCUT2D eigenvalue weighted by Gasteiger charge is -2.31. The molecule has 26 heavy (non-hydrogen) atoms. The topological polar surface area (TPSA) is 55.4 Å². The number of rotatable bonds is 0. The van der Waals surface area contributed by atoms with E-state index in [4.69, 9.17) is 28.4 Å². The van der Waals surface area contributed by atoms with Gasteiger partial charge in [-0.05, 0) is 25.7 Å². The highest BCUT2D eigenvalue weighted by Gasteiger charge is 2.26. The Morgan fingerprint density at radius 1 is 0.346 bits per heavy atom. The summed E-state index contributed by atoms with van der Waals surface area (Å²) in [5.74, 6) is 0. The SMILES string of the molecule is C1CCCOCCOCCOC2CCCCC2OCCOCCOCC1. The molecule has 0 bridgehead atoms. The van der Waals surface area contributed by atoms with Gasteiger partial charge in [0.05, 0.1) is 65.1 Å². The molecule has 0 aromatic carbocycles. The molecule has 2 aliphatic rings. The van der Waals surface area contributed by atoms with E-state index >= 15 is 0 Å². The zero-order valence-corrected chi connectivity index (χ0v) is 16.3. The molecule has 2 atom stereocenters. The van der Waals surface area contributed by atoms with E-state index in [0.717, 1.165) is 38.9 Å². The second kappa shape index (κ2) is 15.8. The average Bonchev–Trinajstić information content (AvgIpc) is 2.66. The summed E-state index contributed by atoms with van der Waals surface area (Å²) in [5.41, 5.74) is 0. The Bertz CT molecular complexity index is 285. The lowest BCUT2D eigenvalue weighted by Crippen LogP contribution is -2.36. The molecule has 2 unspecified atom stereocenters. The van der Waals surface area contributed by atoms with Crippen LogP contribution in [0.1, 0.15) is 51.4 Å². The largest absolute Gasteiger partial charge is 0.379 e. The standard InChI is InChI=1S/C20H38O6/c1-2-6-10-22-12-14-24-16-18-26-20-8-4-3-7-19(20)25-17-15-23-13-11-21-9-5-1/h19-20H,1-18H2. The summed E-state index contributed by atoms with van der Waals surface area (Å²) >= 11 is 0. The zero-order valence-electron chi connectivity index (χ0n) is 16.3. The van der Waals surface area contributed by atoms with Crippen molar-refractivity contribution in [2.24, 2.45) is 0 Å². The molecule has 1 aliphatic heterocycles. The maximum Gasteiger partial charge on any atom is 0.0837 e. The molecule has 2 rings (SSSR count). The van der Waals surface area contributed by atoms with Gasteiger partial charge < -0.3 is 28.4 Å². The number of hydrogen-bond donors (Lipinski definition) is 0. The molecule has 1 aliphatic carbocycles. The Morgan fingerprint density at radius 2 is 0.731 bits per heavy atom. The van der Waals surface area contributed by atoms with Crippen molar-refractivity contribution < 1.29 is 28.4 Å². The molecule has 1 saturated heterocycles. The smallest absolute Gasteiger partial charge is 0.0837 e. The molecule has 6 nitrogen and oxygen atoms in total. The first-order valence-electron chi connectivity index (χ1n) is 10.5. The van der Waals surface area contributed by atoms with Crippen molar-refractivity contribution in [3.05, 3.63) is 0 Å². The molecule has 1 saturated carbocycles. The second-order valence-corrected chi connectivity index (χ2v) is 6.97. The van der Waals surface area contributed by atoms with Gasteiger partial charge >= 0.3 is 0 Å². The summed E-state index contributed by atoms with van der Waals surface area (Å²) in [6, 6.07) is 0. The van der Waals surface area contributed by atoms with E-state index in [2.05, 4.69) is 0 Å². The molecule has 0 N–H and O–H groups in total. The van der Waals surface area contributed by atoms with Gasteiger partial charge in [0.2, 0.25) is 0 Å². The predicted molar refractivity (Wildman–Crippen MR) is 99.7 cm³/mol. The van der Waals surface area contributed by atoms with E-state index in [1.807, 2.05) is 0 Å². The van der Waals surface area contributed by atoms with E-state index < -0.39 is 0 Å². The van der Waals surface area contributed by atoms with Crippen LogP contribution in [0.15, 0.2) is 0 Å². The van der Waals surface area contributed by atoms with Crippen molar-refractivity contribution in [1.29, 1.82) is 0 Å². The highest BCUT2D eigenvalue weighted by atomic mass is 16.6.